The number of thioether (sulfide) groups is 1. The highest BCUT2D eigenvalue weighted by Crippen LogP contribution is 2.38. The van der Waals surface area contributed by atoms with Gasteiger partial charge in [-0.15, -0.1) is 0 Å². The fraction of sp³-hybridized carbons (Fsp3) is 1.00. The molecule has 0 amide bonds. The lowest BCUT2D eigenvalue weighted by Crippen LogP contribution is -2.52. The van der Waals surface area contributed by atoms with Crippen LogP contribution in [0, 0.1) is 5.92 Å². The standard InChI is InChI=1S/C16H29NO2S/c1-13-2-5-15(18,6-3-13)11-17-14-4-8-19-16(10-14)7-9-20-12-16/h13-14,17-18H,2-12H2,1H3. The second-order valence-corrected chi connectivity index (χ2v) is 8.42. The van der Waals surface area contributed by atoms with Crippen molar-refractivity contribution in [3.8, 4) is 0 Å². The summed E-state index contributed by atoms with van der Waals surface area (Å²) in [4.78, 5) is 0. The molecule has 2 unspecified atom stereocenters. The third-order valence-corrected chi connectivity index (χ3v) is 6.71. The van der Waals surface area contributed by atoms with Crippen molar-refractivity contribution in [2.24, 2.45) is 5.92 Å². The average molecular weight is 299 g/mol. The molecule has 4 heteroatoms. The molecule has 3 aliphatic rings. The first-order chi connectivity index (χ1) is 9.59. The van der Waals surface area contributed by atoms with Gasteiger partial charge in [-0.2, -0.15) is 11.8 Å². The Bertz CT molecular complexity index is 322. The van der Waals surface area contributed by atoms with Gasteiger partial charge in [-0.05, 0) is 56.6 Å². The van der Waals surface area contributed by atoms with Gasteiger partial charge in [0.2, 0.25) is 0 Å². The molecule has 0 aromatic rings. The molecule has 0 radical (unpaired) electrons. The average Bonchev–Trinajstić information content (AvgIpc) is 2.89. The summed E-state index contributed by atoms with van der Waals surface area (Å²) >= 11 is 2.02. The zero-order chi connectivity index (χ0) is 14.1. The molecule has 2 heterocycles. The van der Waals surface area contributed by atoms with Crippen LogP contribution < -0.4 is 5.32 Å². The quantitative estimate of drug-likeness (QED) is 0.840. The fourth-order valence-corrected chi connectivity index (χ4v) is 5.25. The van der Waals surface area contributed by atoms with E-state index >= 15 is 0 Å². The van der Waals surface area contributed by atoms with E-state index in [-0.39, 0.29) is 5.60 Å². The second-order valence-electron chi connectivity index (χ2n) is 7.31. The molecule has 2 saturated heterocycles. The maximum absolute atomic E-state index is 10.7. The molecular weight excluding hydrogens is 270 g/mol. The summed E-state index contributed by atoms with van der Waals surface area (Å²) in [5.74, 6) is 3.19. The van der Waals surface area contributed by atoms with Crippen molar-refractivity contribution in [2.75, 3.05) is 24.7 Å². The van der Waals surface area contributed by atoms with Gasteiger partial charge >= 0.3 is 0 Å². The number of hydrogen-bond acceptors (Lipinski definition) is 4. The number of aliphatic hydroxyl groups is 1. The Morgan fingerprint density at radius 3 is 2.75 bits per heavy atom. The van der Waals surface area contributed by atoms with Crippen molar-refractivity contribution >= 4 is 11.8 Å². The third kappa shape index (κ3) is 3.52. The van der Waals surface area contributed by atoms with Crippen molar-refractivity contribution in [1.29, 1.82) is 0 Å². The minimum Gasteiger partial charge on any atom is -0.389 e. The van der Waals surface area contributed by atoms with Crippen LogP contribution in [-0.2, 0) is 4.74 Å². The molecule has 116 valence electrons. The lowest BCUT2D eigenvalue weighted by Gasteiger charge is -2.41. The topological polar surface area (TPSA) is 41.5 Å². The monoisotopic (exact) mass is 299 g/mol. The molecular formula is C16H29NO2S. The molecule has 1 spiro atoms. The number of nitrogens with one attached hydrogen (secondary N) is 1. The van der Waals surface area contributed by atoms with Crippen molar-refractivity contribution < 1.29 is 9.84 Å². The SMILES string of the molecule is CC1CCC(O)(CNC2CCOC3(CCSC3)C2)CC1. The molecule has 0 aromatic heterocycles. The van der Waals surface area contributed by atoms with Gasteiger partial charge in [-0.3, -0.25) is 0 Å². The van der Waals surface area contributed by atoms with E-state index < -0.39 is 5.60 Å². The molecule has 0 aromatic carbocycles. The van der Waals surface area contributed by atoms with Crippen molar-refractivity contribution in [3.05, 3.63) is 0 Å². The van der Waals surface area contributed by atoms with Crippen molar-refractivity contribution in [2.45, 2.75) is 69.1 Å². The maximum atomic E-state index is 10.7. The van der Waals surface area contributed by atoms with E-state index in [4.69, 9.17) is 4.74 Å². The van der Waals surface area contributed by atoms with Gasteiger partial charge in [0.1, 0.15) is 0 Å². The summed E-state index contributed by atoms with van der Waals surface area (Å²) in [5, 5.41) is 14.3. The zero-order valence-corrected chi connectivity index (χ0v) is 13.5. The first-order valence-corrected chi connectivity index (χ1v) is 9.42. The van der Waals surface area contributed by atoms with Gasteiger partial charge < -0.3 is 15.2 Å². The van der Waals surface area contributed by atoms with E-state index in [1.165, 1.54) is 25.0 Å². The van der Waals surface area contributed by atoms with E-state index in [1.807, 2.05) is 11.8 Å². The summed E-state index contributed by atoms with van der Waals surface area (Å²) in [6.45, 7) is 3.95. The molecule has 1 aliphatic carbocycles. The van der Waals surface area contributed by atoms with E-state index in [0.717, 1.165) is 50.5 Å². The van der Waals surface area contributed by atoms with Crippen LogP contribution in [0.1, 0.15) is 51.9 Å². The van der Waals surface area contributed by atoms with Crippen LogP contribution in [0.15, 0.2) is 0 Å². The van der Waals surface area contributed by atoms with E-state index in [1.54, 1.807) is 0 Å². The second kappa shape index (κ2) is 6.15. The van der Waals surface area contributed by atoms with E-state index in [2.05, 4.69) is 12.2 Å². The number of ether oxygens (including phenoxy) is 1. The lowest BCUT2D eigenvalue weighted by atomic mass is 9.79. The molecule has 0 bridgehead atoms. The predicted octanol–water partition coefficient (Wildman–Crippen LogP) is 2.57. The Hall–Kier alpha value is 0.230. The summed E-state index contributed by atoms with van der Waals surface area (Å²) in [7, 11) is 0. The van der Waals surface area contributed by atoms with Gasteiger partial charge in [-0.1, -0.05) is 6.92 Å². The van der Waals surface area contributed by atoms with Gasteiger partial charge in [0.05, 0.1) is 11.2 Å². The van der Waals surface area contributed by atoms with Gasteiger partial charge in [0.25, 0.3) is 0 Å². The predicted molar refractivity (Wildman–Crippen MR) is 84.2 cm³/mol. The highest BCUT2D eigenvalue weighted by Gasteiger charge is 2.41. The van der Waals surface area contributed by atoms with Crippen LogP contribution in [0.3, 0.4) is 0 Å². The molecule has 3 nitrogen and oxygen atoms in total. The van der Waals surface area contributed by atoms with E-state index in [9.17, 15) is 5.11 Å². The maximum Gasteiger partial charge on any atom is 0.0795 e. The molecule has 3 rings (SSSR count). The molecule has 2 N–H and O–H groups in total. The van der Waals surface area contributed by atoms with Crippen LogP contribution in [-0.4, -0.2) is 47.0 Å². The summed E-state index contributed by atoms with van der Waals surface area (Å²) in [5.41, 5.74) is -0.313. The lowest BCUT2D eigenvalue weighted by molar-refractivity contribution is -0.0751. The molecule has 3 fully saturated rings. The minimum absolute atomic E-state index is 0.143. The highest BCUT2D eigenvalue weighted by molar-refractivity contribution is 7.99. The molecule has 2 aliphatic heterocycles. The summed E-state index contributed by atoms with van der Waals surface area (Å²) in [6, 6.07) is 0.533. The van der Waals surface area contributed by atoms with Crippen LogP contribution >= 0.6 is 11.8 Å². The van der Waals surface area contributed by atoms with Crippen molar-refractivity contribution in [1.82, 2.24) is 5.32 Å². The minimum atomic E-state index is -0.456. The van der Waals surface area contributed by atoms with Crippen LogP contribution in [0.25, 0.3) is 0 Å². The smallest absolute Gasteiger partial charge is 0.0795 e. The Morgan fingerprint density at radius 1 is 1.25 bits per heavy atom. The largest absolute Gasteiger partial charge is 0.389 e. The number of rotatable bonds is 3. The van der Waals surface area contributed by atoms with Crippen LogP contribution in [0.4, 0.5) is 0 Å². The molecule has 20 heavy (non-hydrogen) atoms. The van der Waals surface area contributed by atoms with E-state index in [0.29, 0.717) is 6.04 Å². The van der Waals surface area contributed by atoms with Gasteiger partial charge in [0, 0.05) is 24.9 Å². The summed E-state index contributed by atoms with van der Waals surface area (Å²) in [6.07, 6.45) is 7.71. The highest BCUT2D eigenvalue weighted by atomic mass is 32.2. The Balaban J connectivity index is 1.48. The number of hydrogen-bond donors (Lipinski definition) is 2. The van der Waals surface area contributed by atoms with Crippen LogP contribution in [0.5, 0.6) is 0 Å². The van der Waals surface area contributed by atoms with Gasteiger partial charge in [0.15, 0.2) is 0 Å². The van der Waals surface area contributed by atoms with Gasteiger partial charge in [-0.25, -0.2) is 0 Å². The third-order valence-electron chi connectivity index (χ3n) is 5.48. The van der Waals surface area contributed by atoms with Crippen molar-refractivity contribution in [3.63, 3.8) is 0 Å². The Morgan fingerprint density at radius 2 is 2.05 bits per heavy atom. The fourth-order valence-electron chi connectivity index (χ4n) is 3.88. The zero-order valence-electron chi connectivity index (χ0n) is 12.7. The summed E-state index contributed by atoms with van der Waals surface area (Å²) < 4.78 is 6.06. The van der Waals surface area contributed by atoms with Crippen LogP contribution in [0.2, 0.25) is 0 Å². The normalized spacial score (nSPS) is 45.9. The first kappa shape index (κ1) is 15.1. The molecule has 1 saturated carbocycles. The Kier molecular flexibility index (Phi) is 4.66. The molecule has 2 atom stereocenters. The first-order valence-electron chi connectivity index (χ1n) is 8.27. The Labute approximate surface area is 127 Å².